The fraction of sp³-hybridized carbons (Fsp3) is 0.394. The molecule has 0 saturated carbocycles. The number of aliphatic carboxylic acids is 1. The topological polar surface area (TPSA) is 175 Å². The number of phenolic OH excluding ortho intramolecular Hbond substituents is 1. The number of cyclic esters (lactones) is 1. The molecule has 5 rings (SSSR count). The fourth-order valence-corrected chi connectivity index (χ4v) is 6.03. The first-order valence-corrected chi connectivity index (χ1v) is 15.0. The number of carbonyl (C=O) groups is 4. The average Bonchev–Trinajstić information content (AvgIpc) is 3.38. The summed E-state index contributed by atoms with van der Waals surface area (Å²) in [5, 5.41) is 20.1. The predicted molar refractivity (Wildman–Crippen MR) is 164 cm³/mol. The highest BCUT2D eigenvalue weighted by Gasteiger charge is 2.50. The number of pyridine rings is 2. The van der Waals surface area contributed by atoms with E-state index < -0.39 is 54.4 Å². The molecule has 13 nitrogen and oxygen atoms in total. The number of aromatic nitrogens is 2. The van der Waals surface area contributed by atoms with E-state index in [0.717, 1.165) is 21.4 Å². The van der Waals surface area contributed by atoms with Gasteiger partial charge in [0.2, 0.25) is 5.60 Å². The zero-order valence-corrected chi connectivity index (χ0v) is 26.2. The Morgan fingerprint density at radius 3 is 2.54 bits per heavy atom. The minimum atomic E-state index is -1.98. The molecule has 4 heterocycles. The minimum absolute atomic E-state index is 0.0691. The number of aryl methyl sites for hydroxylation is 1. The second kappa shape index (κ2) is 12.3. The van der Waals surface area contributed by atoms with E-state index in [4.69, 9.17) is 19.2 Å². The molecule has 0 bridgehead atoms. The summed E-state index contributed by atoms with van der Waals surface area (Å²) in [7, 11) is 0. The maximum Gasteiger partial charge on any atom is 0.410 e. The molecular formula is C33H35N3O10. The van der Waals surface area contributed by atoms with Crippen LogP contribution in [0.5, 0.6) is 5.75 Å². The van der Waals surface area contributed by atoms with Gasteiger partial charge in [0.15, 0.2) is 0 Å². The van der Waals surface area contributed by atoms with Gasteiger partial charge in [0.1, 0.15) is 25.5 Å². The number of carbonyl (C=O) groups excluding carboxylic acids is 3. The molecule has 0 unspecified atom stereocenters. The number of carboxylic acid groups (broad SMARTS) is 1. The molecule has 2 aromatic heterocycles. The number of ether oxygens (including phenoxy) is 3. The van der Waals surface area contributed by atoms with Crippen LogP contribution in [0.3, 0.4) is 0 Å². The minimum Gasteiger partial charge on any atom is -0.508 e. The van der Waals surface area contributed by atoms with Gasteiger partial charge in [0.25, 0.3) is 5.56 Å². The Morgan fingerprint density at radius 2 is 1.91 bits per heavy atom. The first-order valence-electron chi connectivity index (χ1n) is 15.0. The number of nitrogens with zero attached hydrogens (tertiary/aromatic N) is 3. The molecule has 2 N–H and O–H groups in total. The maximum absolute atomic E-state index is 13.9. The molecule has 1 aromatic carbocycles. The van der Waals surface area contributed by atoms with Crippen molar-refractivity contribution in [2.45, 2.75) is 72.3 Å². The van der Waals surface area contributed by atoms with E-state index in [1.165, 1.54) is 19.1 Å². The van der Waals surface area contributed by atoms with Gasteiger partial charge in [-0.15, -0.1) is 0 Å². The lowest BCUT2D eigenvalue weighted by Gasteiger charge is -2.36. The summed E-state index contributed by atoms with van der Waals surface area (Å²) in [5.74, 6) is -2.96. The van der Waals surface area contributed by atoms with Crippen molar-refractivity contribution < 1.29 is 43.6 Å². The number of esters is 2. The average molecular weight is 634 g/mol. The van der Waals surface area contributed by atoms with Crippen LogP contribution in [0.15, 0.2) is 40.7 Å². The van der Waals surface area contributed by atoms with Crippen molar-refractivity contribution in [2.75, 3.05) is 13.2 Å². The molecule has 3 aromatic rings. The number of allylic oxidation sites excluding steroid dienone is 1. The van der Waals surface area contributed by atoms with Crippen molar-refractivity contribution in [1.82, 2.24) is 14.5 Å². The van der Waals surface area contributed by atoms with E-state index in [9.17, 15) is 34.2 Å². The molecule has 0 aliphatic carbocycles. The molecule has 0 radical (unpaired) electrons. The zero-order valence-electron chi connectivity index (χ0n) is 26.2. The molecule has 1 atom stereocenters. The second-order valence-electron chi connectivity index (χ2n) is 11.4. The lowest BCUT2D eigenvalue weighted by molar-refractivity contribution is -0.190. The Labute approximate surface area is 264 Å². The van der Waals surface area contributed by atoms with Gasteiger partial charge in [-0.05, 0) is 63.4 Å². The molecule has 2 aliphatic rings. The van der Waals surface area contributed by atoms with Crippen LogP contribution in [0.2, 0.25) is 0 Å². The Balaban J connectivity index is 1.52. The van der Waals surface area contributed by atoms with E-state index in [2.05, 4.69) is 0 Å². The van der Waals surface area contributed by atoms with Crippen LogP contribution in [0.1, 0.15) is 63.3 Å². The molecule has 1 amide bonds. The Bertz CT molecular complexity index is 1880. The number of hydrogen-bond donors (Lipinski definition) is 2. The Morgan fingerprint density at radius 1 is 1.17 bits per heavy atom. The van der Waals surface area contributed by atoms with Crippen LogP contribution >= 0.6 is 0 Å². The molecule has 0 fully saturated rings. The van der Waals surface area contributed by atoms with Crippen LogP contribution < -0.4 is 5.56 Å². The number of benzene rings is 1. The first-order chi connectivity index (χ1) is 21.9. The fourth-order valence-electron chi connectivity index (χ4n) is 6.03. The smallest absolute Gasteiger partial charge is 0.410 e. The molecular weight excluding hydrogens is 598 g/mol. The van der Waals surface area contributed by atoms with Crippen molar-refractivity contribution in [3.05, 3.63) is 68.5 Å². The standard InChI is InChI=1S/C33H35N3O10/c1-6-18(30(40)41)15-45-32(43)35(17(4)5)14-27(38)46-33(8-3)24-12-26-28-22(13-36(26)29(39)23(24)16-44-31(33)42)20(7-2)21-11-19(37)9-10-25(21)34-28/h6,9-12,17,37H,7-8,13-16H2,1-5H3,(H,40,41)/b18-6+/t33-/m0/s1. The summed E-state index contributed by atoms with van der Waals surface area (Å²) in [4.78, 5) is 70.8. The second-order valence-corrected chi connectivity index (χ2v) is 11.4. The third-order valence-electron chi connectivity index (χ3n) is 8.53. The highest BCUT2D eigenvalue weighted by molar-refractivity contribution is 5.91. The number of phenols is 1. The van der Waals surface area contributed by atoms with Crippen molar-refractivity contribution in [3.8, 4) is 17.1 Å². The highest BCUT2D eigenvalue weighted by Crippen LogP contribution is 2.42. The largest absolute Gasteiger partial charge is 0.508 e. The summed E-state index contributed by atoms with van der Waals surface area (Å²) in [5.41, 5.74) is 1.22. The number of carboxylic acids is 1. The molecule has 2 aliphatic heterocycles. The van der Waals surface area contributed by atoms with E-state index >= 15 is 0 Å². The first kappa shape index (κ1) is 32.2. The Hall–Kier alpha value is -5.20. The highest BCUT2D eigenvalue weighted by atomic mass is 16.6. The maximum atomic E-state index is 13.9. The van der Waals surface area contributed by atoms with Crippen LogP contribution in [0.25, 0.3) is 22.3 Å². The number of hydrogen-bond acceptors (Lipinski definition) is 10. The van der Waals surface area contributed by atoms with Gasteiger partial charge in [-0.25, -0.2) is 19.4 Å². The molecule has 0 saturated heterocycles. The number of aromatic hydroxyl groups is 1. The number of fused-ring (bicyclic) bond motifs is 5. The third kappa shape index (κ3) is 5.35. The van der Waals surface area contributed by atoms with Gasteiger partial charge in [0.05, 0.1) is 34.6 Å². The van der Waals surface area contributed by atoms with Crippen LogP contribution in [0, 0.1) is 0 Å². The van der Waals surface area contributed by atoms with E-state index in [0.29, 0.717) is 23.3 Å². The van der Waals surface area contributed by atoms with Crippen LogP contribution in [-0.2, 0) is 53.8 Å². The van der Waals surface area contributed by atoms with Crippen LogP contribution in [-0.4, -0.2) is 67.9 Å². The molecule has 13 heteroatoms. The van der Waals surface area contributed by atoms with E-state index in [1.807, 2.05) is 6.92 Å². The van der Waals surface area contributed by atoms with Crippen molar-refractivity contribution >= 4 is 34.9 Å². The van der Waals surface area contributed by atoms with Gasteiger partial charge >= 0.3 is 24.0 Å². The quantitative estimate of drug-likeness (QED) is 0.156. The van der Waals surface area contributed by atoms with Gasteiger partial charge in [-0.3, -0.25) is 14.5 Å². The summed E-state index contributed by atoms with van der Waals surface area (Å²) in [6, 6.07) is 5.98. The van der Waals surface area contributed by atoms with E-state index in [-0.39, 0.29) is 42.0 Å². The predicted octanol–water partition coefficient (Wildman–Crippen LogP) is 3.78. The molecule has 0 spiro atoms. The SMILES string of the molecule is C/C=C(\COC(=O)N(CC(=O)O[C@]1(CC)C(=O)OCc2c1cc1n(c2=O)Cc2c-1nc1ccc(O)cc1c2CC)C(C)C)C(=O)O. The molecule has 242 valence electrons. The number of rotatable bonds is 9. The van der Waals surface area contributed by atoms with Crippen molar-refractivity contribution in [3.63, 3.8) is 0 Å². The molecule has 46 heavy (non-hydrogen) atoms. The number of amides is 1. The summed E-state index contributed by atoms with van der Waals surface area (Å²) in [6.45, 7) is 7.14. The third-order valence-corrected chi connectivity index (χ3v) is 8.53. The monoisotopic (exact) mass is 633 g/mol. The lowest BCUT2D eigenvalue weighted by atomic mass is 9.85. The lowest BCUT2D eigenvalue weighted by Crippen LogP contribution is -2.50. The zero-order chi connectivity index (χ0) is 33.5. The van der Waals surface area contributed by atoms with Gasteiger partial charge in [-0.1, -0.05) is 19.9 Å². The van der Waals surface area contributed by atoms with Crippen LogP contribution in [0.4, 0.5) is 4.79 Å². The van der Waals surface area contributed by atoms with Gasteiger partial charge in [-0.2, -0.15) is 0 Å². The summed E-state index contributed by atoms with van der Waals surface area (Å²) >= 11 is 0. The van der Waals surface area contributed by atoms with Gasteiger partial charge < -0.3 is 29.0 Å². The van der Waals surface area contributed by atoms with E-state index in [1.54, 1.807) is 43.5 Å². The van der Waals surface area contributed by atoms with Crippen molar-refractivity contribution in [2.24, 2.45) is 0 Å². The normalized spacial score (nSPS) is 16.8. The summed E-state index contributed by atoms with van der Waals surface area (Å²) < 4.78 is 17.9. The Kier molecular flexibility index (Phi) is 8.61. The van der Waals surface area contributed by atoms with Crippen molar-refractivity contribution in [1.29, 1.82) is 0 Å². The van der Waals surface area contributed by atoms with Gasteiger partial charge in [0, 0.05) is 22.6 Å². The summed E-state index contributed by atoms with van der Waals surface area (Å²) in [6.07, 6.45) is 0.896.